The van der Waals surface area contributed by atoms with E-state index in [-0.39, 0.29) is 42.5 Å². The van der Waals surface area contributed by atoms with Crippen LogP contribution in [0.2, 0.25) is 0 Å². The summed E-state index contributed by atoms with van der Waals surface area (Å²) >= 11 is 0. The molecular weight excluding hydrogens is 428 g/mol. The summed E-state index contributed by atoms with van der Waals surface area (Å²) in [5.74, 6) is 1.28. The van der Waals surface area contributed by atoms with E-state index in [1.165, 1.54) is 0 Å². The molecule has 0 bridgehead atoms. The van der Waals surface area contributed by atoms with Gasteiger partial charge in [0.05, 0.1) is 17.1 Å². The van der Waals surface area contributed by atoms with Gasteiger partial charge in [0.15, 0.2) is 6.61 Å². The average molecular weight is 463 g/mol. The summed E-state index contributed by atoms with van der Waals surface area (Å²) in [6, 6.07) is 15.0. The lowest BCUT2D eigenvalue weighted by Crippen LogP contribution is -2.49. The van der Waals surface area contributed by atoms with Crippen molar-refractivity contribution < 1.29 is 14.3 Å². The number of benzene rings is 2. The first-order valence-corrected chi connectivity index (χ1v) is 12.1. The molecule has 34 heavy (non-hydrogen) atoms. The van der Waals surface area contributed by atoms with Gasteiger partial charge >= 0.3 is 0 Å². The third-order valence-electron chi connectivity index (χ3n) is 6.62. The number of ether oxygens (including phenoxy) is 1. The fraction of sp³-hybridized carbons (Fsp3) is 0.444. The second-order valence-corrected chi connectivity index (χ2v) is 9.58. The number of H-pyrrole nitrogens is 1. The zero-order chi connectivity index (χ0) is 24.2. The summed E-state index contributed by atoms with van der Waals surface area (Å²) in [5, 5.41) is 3.10. The molecule has 0 aliphatic carbocycles. The van der Waals surface area contributed by atoms with Gasteiger partial charge in [-0.05, 0) is 75.4 Å². The Kier molecular flexibility index (Phi) is 7.20. The predicted octanol–water partition coefficient (Wildman–Crippen LogP) is 4.86. The highest BCUT2D eigenvalue weighted by atomic mass is 16.5. The summed E-state index contributed by atoms with van der Waals surface area (Å²) in [6.45, 7) is 8.29. The molecular formula is C27H34N4O3. The van der Waals surface area contributed by atoms with E-state index >= 15 is 0 Å². The summed E-state index contributed by atoms with van der Waals surface area (Å²) < 4.78 is 5.74. The number of para-hydroxylation sites is 2. The molecule has 3 aromatic rings. The summed E-state index contributed by atoms with van der Waals surface area (Å²) in [4.78, 5) is 35.6. The molecule has 2 heterocycles. The minimum absolute atomic E-state index is 0.00169. The smallest absolute Gasteiger partial charge is 0.260 e. The number of amides is 2. The molecule has 1 aliphatic rings. The lowest BCUT2D eigenvalue weighted by atomic mass is 9.97. The molecule has 2 N–H and O–H groups in total. The molecule has 1 aliphatic heterocycles. The van der Waals surface area contributed by atoms with Crippen molar-refractivity contribution in [3.05, 3.63) is 59.9 Å². The normalized spacial score (nSPS) is 19.3. The van der Waals surface area contributed by atoms with Crippen LogP contribution in [0.25, 0.3) is 11.0 Å². The third kappa shape index (κ3) is 5.24. The Balaban J connectivity index is 1.37. The Labute approximate surface area is 200 Å². The fourth-order valence-corrected chi connectivity index (χ4v) is 4.73. The van der Waals surface area contributed by atoms with Gasteiger partial charge in [0.25, 0.3) is 11.8 Å². The van der Waals surface area contributed by atoms with Crippen LogP contribution >= 0.6 is 0 Å². The van der Waals surface area contributed by atoms with Crippen molar-refractivity contribution in [1.29, 1.82) is 0 Å². The molecule has 2 amide bonds. The van der Waals surface area contributed by atoms with Gasteiger partial charge in [0.2, 0.25) is 0 Å². The first-order valence-electron chi connectivity index (χ1n) is 12.1. The predicted molar refractivity (Wildman–Crippen MR) is 133 cm³/mol. The summed E-state index contributed by atoms with van der Waals surface area (Å²) in [5.41, 5.74) is 2.35. The highest BCUT2D eigenvalue weighted by Gasteiger charge is 2.29. The number of carbonyl (C=O) groups is 2. The first-order chi connectivity index (χ1) is 16.3. The molecule has 0 saturated carbocycles. The molecule has 0 spiro atoms. The Morgan fingerprint density at radius 3 is 2.41 bits per heavy atom. The molecule has 1 aromatic heterocycles. The number of likely N-dealkylation sites (tertiary alicyclic amines) is 1. The number of hydrogen-bond acceptors (Lipinski definition) is 4. The third-order valence-corrected chi connectivity index (χ3v) is 6.62. The number of carbonyl (C=O) groups excluding carboxylic acids is 2. The summed E-state index contributed by atoms with van der Waals surface area (Å²) in [7, 11) is 0. The van der Waals surface area contributed by atoms with E-state index in [0.29, 0.717) is 11.3 Å². The van der Waals surface area contributed by atoms with Crippen LogP contribution in [0.3, 0.4) is 0 Å². The molecule has 2 unspecified atom stereocenters. The van der Waals surface area contributed by atoms with Crippen molar-refractivity contribution >= 4 is 22.8 Å². The Bertz CT molecular complexity index is 1100. The SMILES string of the molecule is CC(C)[C@H](NC(=O)c1ccc(OCC(=O)N2C(C)CCCC2C)cc1)c1nc2ccccc2[nH]1. The molecule has 4 rings (SSSR count). The number of aromatic nitrogens is 2. The van der Waals surface area contributed by atoms with Crippen molar-refractivity contribution in [2.24, 2.45) is 5.92 Å². The number of rotatable bonds is 7. The van der Waals surface area contributed by atoms with Gasteiger partial charge in [-0.2, -0.15) is 0 Å². The molecule has 7 heteroatoms. The van der Waals surface area contributed by atoms with Crippen LogP contribution in [0, 0.1) is 5.92 Å². The Morgan fingerprint density at radius 2 is 1.76 bits per heavy atom. The van der Waals surface area contributed by atoms with Crippen LogP contribution in [0.15, 0.2) is 48.5 Å². The minimum Gasteiger partial charge on any atom is -0.484 e. The number of fused-ring (bicyclic) bond motifs is 1. The van der Waals surface area contributed by atoms with Crippen LogP contribution < -0.4 is 10.1 Å². The average Bonchev–Trinajstić information content (AvgIpc) is 3.25. The van der Waals surface area contributed by atoms with E-state index in [4.69, 9.17) is 4.74 Å². The lowest BCUT2D eigenvalue weighted by Gasteiger charge is -2.38. The van der Waals surface area contributed by atoms with Gasteiger partial charge in [0, 0.05) is 17.6 Å². The largest absolute Gasteiger partial charge is 0.484 e. The van der Waals surface area contributed by atoms with Gasteiger partial charge in [-0.15, -0.1) is 0 Å². The second kappa shape index (κ2) is 10.3. The molecule has 1 fully saturated rings. The molecule has 7 nitrogen and oxygen atoms in total. The highest BCUT2D eigenvalue weighted by molar-refractivity contribution is 5.94. The van der Waals surface area contributed by atoms with Crippen LogP contribution in [-0.4, -0.2) is 45.4 Å². The maximum atomic E-state index is 12.9. The van der Waals surface area contributed by atoms with Crippen LogP contribution in [-0.2, 0) is 4.79 Å². The molecule has 0 radical (unpaired) electrons. The second-order valence-electron chi connectivity index (χ2n) is 9.58. The molecule has 3 atom stereocenters. The molecule has 1 saturated heterocycles. The number of piperidine rings is 1. The van der Waals surface area contributed by atoms with E-state index in [1.54, 1.807) is 24.3 Å². The number of nitrogens with one attached hydrogen (secondary N) is 2. The van der Waals surface area contributed by atoms with Gasteiger partial charge in [0.1, 0.15) is 11.6 Å². The standard InChI is InChI=1S/C27H34N4O3/c1-17(2)25(26-28-22-10-5-6-11-23(22)29-26)30-27(33)20-12-14-21(15-13-20)34-16-24(32)31-18(3)8-7-9-19(31)4/h5-6,10-15,17-19,25H,7-9,16H2,1-4H3,(H,28,29)(H,30,33)/t18?,19?,25-/m0/s1. The molecule has 180 valence electrons. The zero-order valence-electron chi connectivity index (χ0n) is 20.4. The maximum absolute atomic E-state index is 12.9. The van der Waals surface area contributed by atoms with Gasteiger partial charge < -0.3 is 19.9 Å². The van der Waals surface area contributed by atoms with E-state index in [9.17, 15) is 9.59 Å². The Morgan fingerprint density at radius 1 is 1.09 bits per heavy atom. The highest BCUT2D eigenvalue weighted by Crippen LogP contribution is 2.24. The number of nitrogens with zero attached hydrogens (tertiary/aromatic N) is 2. The van der Waals surface area contributed by atoms with E-state index in [2.05, 4.69) is 43.0 Å². The quantitative estimate of drug-likeness (QED) is 0.525. The van der Waals surface area contributed by atoms with Crippen molar-refractivity contribution in [2.45, 2.75) is 65.1 Å². The van der Waals surface area contributed by atoms with E-state index < -0.39 is 0 Å². The van der Waals surface area contributed by atoms with Crippen molar-refractivity contribution in [3.8, 4) is 5.75 Å². The number of hydrogen-bond donors (Lipinski definition) is 2. The van der Waals surface area contributed by atoms with Crippen LogP contribution in [0.4, 0.5) is 0 Å². The van der Waals surface area contributed by atoms with Crippen LogP contribution in [0.1, 0.15) is 69.2 Å². The van der Waals surface area contributed by atoms with Gasteiger partial charge in [-0.3, -0.25) is 9.59 Å². The molecule has 2 aromatic carbocycles. The van der Waals surface area contributed by atoms with E-state index in [0.717, 1.165) is 36.1 Å². The fourth-order valence-electron chi connectivity index (χ4n) is 4.73. The van der Waals surface area contributed by atoms with Crippen molar-refractivity contribution in [2.75, 3.05) is 6.61 Å². The monoisotopic (exact) mass is 462 g/mol. The Hall–Kier alpha value is -3.35. The number of imidazole rings is 1. The van der Waals surface area contributed by atoms with Gasteiger partial charge in [-0.1, -0.05) is 26.0 Å². The summed E-state index contributed by atoms with van der Waals surface area (Å²) in [6.07, 6.45) is 3.22. The maximum Gasteiger partial charge on any atom is 0.260 e. The van der Waals surface area contributed by atoms with E-state index in [1.807, 2.05) is 29.2 Å². The number of aromatic amines is 1. The van der Waals surface area contributed by atoms with Crippen molar-refractivity contribution in [3.63, 3.8) is 0 Å². The topological polar surface area (TPSA) is 87.3 Å². The van der Waals surface area contributed by atoms with Gasteiger partial charge in [-0.25, -0.2) is 4.98 Å². The van der Waals surface area contributed by atoms with Crippen LogP contribution in [0.5, 0.6) is 5.75 Å². The first kappa shape index (κ1) is 23.8. The zero-order valence-corrected chi connectivity index (χ0v) is 20.4. The minimum atomic E-state index is -0.248. The van der Waals surface area contributed by atoms with Crippen molar-refractivity contribution in [1.82, 2.24) is 20.2 Å². The lowest BCUT2D eigenvalue weighted by molar-refractivity contribution is -0.139.